The number of carboxylic acid groups (broad SMARTS) is 1. The van der Waals surface area contributed by atoms with Gasteiger partial charge in [-0.05, 0) is 40.5 Å². The van der Waals surface area contributed by atoms with E-state index in [0.717, 1.165) is 54.4 Å². The van der Waals surface area contributed by atoms with Gasteiger partial charge in [0, 0.05) is 6.54 Å². The lowest BCUT2D eigenvalue weighted by molar-refractivity contribution is -0.140. The number of carbonyl (C=O) groups excluding carboxylic acids is 1. The lowest BCUT2D eigenvalue weighted by Crippen LogP contribution is -2.45. The van der Waals surface area contributed by atoms with Crippen molar-refractivity contribution >= 4 is 12.1 Å². The summed E-state index contributed by atoms with van der Waals surface area (Å²) in [5.41, 5.74) is 3.97. The monoisotopic (exact) mass is 393 g/mol. The number of ether oxygens (including phenoxy) is 1. The first-order valence-electron chi connectivity index (χ1n) is 10.3. The topological polar surface area (TPSA) is 66.8 Å². The van der Waals surface area contributed by atoms with Crippen molar-refractivity contribution in [1.82, 2.24) is 4.90 Å². The van der Waals surface area contributed by atoms with Gasteiger partial charge in [-0.25, -0.2) is 4.79 Å². The van der Waals surface area contributed by atoms with Crippen molar-refractivity contribution < 1.29 is 19.4 Å². The van der Waals surface area contributed by atoms with Gasteiger partial charge in [0.15, 0.2) is 0 Å². The number of fused-ring (bicyclic) bond motifs is 3. The van der Waals surface area contributed by atoms with Crippen LogP contribution in [0, 0.1) is 5.41 Å². The third kappa shape index (κ3) is 3.61. The zero-order valence-corrected chi connectivity index (χ0v) is 16.8. The average molecular weight is 393 g/mol. The highest BCUT2D eigenvalue weighted by molar-refractivity contribution is 5.81. The van der Waals surface area contributed by atoms with Crippen molar-refractivity contribution in [3.63, 3.8) is 0 Å². The molecule has 0 spiro atoms. The molecule has 1 fully saturated rings. The van der Waals surface area contributed by atoms with E-state index in [0.29, 0.717) is 6.54 Å². The van der Waals surface area contributed by atoms with Crippen molar-refractivity contribution in [2.24, 2.45) is 5.41 Å². The SMILES string of the molecule is COC(=O)N(CC1(CC(=O)O)CCCCC1)C1c2ccccc2-c2ccccc21. The van der Waals surface area contributed by atoms with Crippen LogP contribution in [-0.4, -0.2) is 35.7 Å². The number of amides is 1. The average Bonchev–Trinajstić information content (AvgIpc) is 3.06. The molecule has 2 aromatic rings. The Kier molecular flexibility index (Phi) is 5.31. The van der Waals surface area contributed by atoms with E-state index in [2.05, 4.69) is 24.3 Å². The van der Waals surface area contributed by atoms with E-state index < -0.39 is 17.5 Å². The predicted molar refractivity (Wildman–Crippen MR) is 111 cm³/mol. The van der Waals surface area contributed by atoms with Gasteiger partial charge < -0.3 is 9.84 Å². The van der Waals surface area contributed by atoms with Gasteiger partial charge in [-0.1, -0.05) is 67.8 Å². The van der Waals surface area contributed by atoms with E-state index in [1.165, 1.54) is 7.11 Å². The molecule has 2 aromatic carbocycles. The van der Waals surface area contributed by atoms with Crippen molar-refractivity contribution in [1.29, 1.82) is 0 Å². The van der Waals surface area contributed by atoms with Crippen LogP contribution in [0.3, 0.4) is 0 Å². The molecule has 0 saturated heterocycles. The van der Waals surface area contributed by atoms with Gasteiger partial charge in [-0.3, -0.25) is 9.69 Å². The molecule has 0 aromatic heterocycles. The van der Waals surface area contributed by atoms with Gasteiger partial charge in [0.05, 0.1) is 19.6 Å². The first kappa shape index (κ1) is 19.5. The minimum Gasteiger partial charge on any atom is -0.481 e. The molecule has 4 rings (SSSR count). The summed E-state index contributed by atoms with van der Waals surface area (Å²) in [6.07, 6.45) is 4.44. The zero-order valence-electron chi connectivity index (χ0n) is 16.8. The minimum atomic E-state index is -0.802. The number of carbonyl (C=O) groups is 2. The normalized spacial score (nSPS) is 17.3. The molecule has 0 aliphatic heterocycles. The first-order chi connectivity index (χ1) is 14.0. The fourth-order valence-corrected chi connectivity index (χ4v) is 5.22. The Hall–Kier alpha value is -2.82. The lowest BCUT2D eigenvalue weighted by atomic mass is 9.71. The van der Waals surface area contributed by atoms with E-state index in [1.807, 2.05) is 24.3 Å². The molecule has 5 heteroatoms. The van der Waals surface area contributed by atoms with Crippen LogP contribution < -0.4 is 0 Å². The van der Waals surface area contributed by atoms with E-state index in [1.54, 1.807) is 4.90 Å². The molecule has 0 atom stereocenters. The number of hydrogen-bond acceptors (Lipinski definition) is 3. The molecular weight excluding hydrogens is 366 g/mol. The summed E-state index contributed by atoms with van der Waals surface area (Å²) in [6, 6.07) is 16.0. The fraction of sp³-hybridized carbons (Fsp3) is 0.417. The van der Waals surface area contributed by atoms with Crippen LogP contribution in [0.15, 0.2) is 48.5 Å². The van der Waals surface area contributed by atoms with Crippen LogP contribution in [0.5, 0.6) is 0 Å². The maximum atomic E-state index is 13.0. The summed E-state index contributed by atoms with van der Waals surface area (Å²) in [5.74, 6) is -0.802. The summed E-state index contributed by atoms with van der Waals surface area (Å²) < 4.78 is 5.19. The number of nitrogens with zero attached hydrogens (tertiary/aromatic N) is 1. The van der Waals surface area contributed by atoms with Gasteiger partial charge in [0.1, 0.15) is 0 Å². The summed E-state index contributed by atoms with van der Waals surface area (Å²) in [7, 11) is 1.40. The number of methoxy groups -OCH3 is 1. The molecule has 29 heavy (non-hydrogen) atoms. The molecule has 2 aliphatic carbocycles. The highest BCUT2D eigenvalue weighted by Gasteiger charge is 2.42. The largest absolute Gasteiger partial charge is 0.481 e. The van der Waals surface area contributed by atoms with Crippen molar-refractivity contribution in [3.8, 4) is 11.1 Å². The highest BCUT2D eigenvalue weighted by atomic mass is 16.5. The molecule has 1 amide bonds. The minimum absolute atomic E-state index is 0.0799. The quantitative estimate of drug-likeness (QED) is 0.753. The van der Waals surface area contributed by atoms with Crippen LogP contribution in [-0.2, 0) is 9.53 Å². The van der Waals surface area contributed by atoms with E-state index in [-0.39, 0.29) is 12.5 Å². The summed E-state index contributed by atoms with van der Waals surface area (Å²) >= 11 is 0. The summed E-state index contributed by atoms with van der Waals surface area (Å²) in [6.45, 7) is 0.388. The smallest absolute Gasteiger partial charge is 0.410 e. The van der Waals surface area contributed by atoms with Crippen molar-refractivity contribution in [3.05, 3.63) is 59.7 Å². The lowest BCUT2D eigenvalue weighted by Gasteiger charge is -2.42. The Labute approximate surface area is 171 Å². The number of aliphatic carboxylic acids is 1. The van der Waals surface area contributed by atoms with Crippen molar-refractivity contribution in [2.45, 2.75) is 44.6 Å². The second-order valence-corrected chi connectivity index (χ2v) is 8.31. The number of benzene rings is 2. The number of rotatable bonds is 5. The van der Waals surface area contributed by atoms with E-state index in [9.17, 15) is 14.7 Å². The van der Waals surface area contributed by atoms with Crippen LogP contribution in [0.1, 0.15) is 55.7 Å². The third-order valence-electron chi connectivity index (χ3n) is 6.47. The Morgan fingerprint density at radius 2 is 1.55 bits per heavy atom. The van der Waals surface area contributed by atoms with Gasteiger partial charge >= 0.3 is 12.1 Å². The second-order valence-electron chi connectivity index (χ2n) is 8.31. The number of carboxylic acids is 1. The first-order valence-corrected chi connectivity index (χ1v) is 10.3. The molecule has 0 unspecified atom stereocenters. The molecule has 5 nitrogen and oxygen atoms in total. The second kappa shape index (κ2) is 7.90. The van der Waals surface area contributed by atoms with Gasteiger partial charge in [0.2, 0.25) is 0 Å². The van der Waals surface area contributed by atoms with Crippen LogP contribution in [0.4, 0.5) is 4.79 Å². The summed E-state index contributed by atoms with van der Waals surface area (Å²) in [5, 5.41) is 9.59. The van der Waals surface area contributed by atoms with Gasteiger partial charge in [-0.2, -0.15) is 0 Å². The zero-order chi connectivity index (χ0) is 20.4. The predicted octanol–water partition coefficient (Wildman–Crippen LogP) is 5.25. The highest BCUT2D eigenvalue weighted by Crippen LogP contribution is 2.49. The molecule has 1 saturated carbocycles. The molecule has 0 heterocycles. The molecule has 152 valence electrons. The Balaban J connectivity index is 1.78. The fourth-order valence-electron chi connectivity index (χ4n) is 5.22. The molecule has 0 radical (unpaired) electrons. The molecule has 2 aliphatic rings. The summed E-state index contributed by atoms with van der Waals surface area (Å²) in [4.78, 5) is 26.4. The standard InChI is InChI=1S/C24H27NO4/c1-29-23(28)25(16-24(15-21(26)27)13-7-2-8-14-24)22-19-11-5-3-9-17(19)18-10-4-6-12-20(18)22/h3-6,9-12,22H,2,7-8,13-16H2,1H3,(H,26,27). The number of hydrogen-bond donors (Lipinski definition) is 1. The molecule has 1 N–H and O–H groups in total. The Morgan fingerprint density at radius 3 is 2.07 bits per heavy atom. The van der Waals surface area contributed by atoms with E-state index in [4.69, 9.17) is 4.74 Å². The Morgan fingerprint density at radius 1 is 1.00 bits per heavy atom. The maximum Gasteiger partial charge on any atom is 0.410 e. The third-order valence-corrected chi connectivity index (χ3v) is 6.47. The molecular formula is C24H27NO4. The van der Waals surface area contributed by atoms with Gasteiger partial charge in [-0.15, -0.1) is 0 Å². The Bertz CT molecular complexity index is 871. The van der Waals surface area contributed by atoms with Crippen LogP contribution in [0.25, 0.3) is 11.1 Å². The van der Waals surface area contributed by atoms with Crippen molar-refractivity contribution in [2.75, 3.05) is 13.7 Å². The van der Waals surface area contributed by atoms with Crippen LogP contribution >= 0.6 is 0 Å². The van der Waals surface area contributed by atoms with E-state index >= 15 is 0 Å². The van der Waals surface area contributed by atoms with Gasteiger partial charge in [0.25, 0.3) is 0 Å². The van der Waals surface area contributed by atoms with Crippen LogP contribution in [0.2, 0.25) is 0 Å². The molecule has 0 bridgehead atoms. The maximum absolute atomic E-state index is 13.0.